The normalized spacial score (nSPS) is 19.6. The highest BCUT2D eigenvalue weighted by molar-refractivity contribution is 5.35. The zero-order valence-electron chi connectivity index (χ0n) is 8.42. The maximum absolute atomic E-state index is 11.9. The van der Waals surface area contributed by atoms with Crippen LogP contribution in [0.5, 0.6) is 5.88 Å². The lowest BCUT2D eigenvalue weighted by atomic mass is 10.1. The molecule has 0 radical (unpaired) electrons. The van der Waals surface area contributed by atoms with Crippen LogP contribution in [0, 0.1) is 0 Å². The standard InChI is InChI=1S/C10H11F3N2O/c11-10(12,13)5-16-9-3-7-6(4-15-9)1-2-8(7)14/h3-4,8H,1-2,5,14H2. The Bertz CT molecular complexity index is 392. The van der Waals surface area contributed by atoms with E-state index in [1.807, 2.05) is 0 Å². The summed E-state index contributed by atoms with van der Waals surface area (Å²) in [6.07, 6.45) is -1.18. The van der Waals surface area contributed by atoms with E-state index in [4.69, 9.17) is 5.73 Å². The predicted octanol–water partition coefficient (Wildman–Crippen LogP) is 1.97. The first-order chi connectivity index (χ1) is 7.46. The fourth-order valence-corrected chi connectivity index (χ4v) is 1.73. The number of hydrogen-bond donors (Lipinski definition) is 1. The smallest absolute Gasteiger partial charge is 0.422 e. The summed E-state index contributed by atoms with van der Waals surface area (Å²) in [4.78, 5) is 3.81. The van der Waals surface area contributed by atoms with E-state index in [1.165, 1.54) is 12.3 Å². The molecule has 1 heterocycles. The van der Waals surface area contributed by atoms with Crippen LogP contribution in [-0.2, 0) is 6.42 Å². The molecule has 0 spiro atoms. The third-order valence-electron chi connectivity index (χ3n) is 2.51. The molecule has 1 aromatic heterocycles. The van der Waals surface area contributed by atoms with Gasteiger partial charge in [0.1, 0.15) is 0 Å². The van der Waals surface area contributed by atoms with Crippen LogP contribution in [0.3, 0.4) is 0 Å². The van der Waals surface area contributed by atoms with Gasteiger partial charge in [0.15, 0.2) is 6.61 Å². The number of pyridine rings is 1. The highest BCUT2D eigenvalue weighted by atomic mass is 19.4. The molecule has 0 bridgehead atoms. The topological polar surface area (TPSA) is 48.1 Å². The summed E-state index contributed by atoms with van der Waals surface area (Å²) in [7, 11) is 0. The largest absolute Gasteiger partial charge is 0.468 e. The van der Waals surface area contributed by atoms with Gasteiger partial charge in [-0.25, -0.2) is 4.98 Å². The van der Waals surface area contributed by atoms with Gasteiger partial charge in [-0.1, -0.05) is 0 Å². The average molecular weight is 232 g/mol. The summed E-state index contributed by atoms with van der Waals surface area (Å²) < 4.78 is 40.3. The Hall–Kier alpha value is -1.30. The Kier molecular flexibility index (Phi) is 2.75. The summed E-state index contributed by atoms with van der Waals surface area (Å²) in [5, 5.41) is 0. The van der Waals surface area contributed by atoms with Crippen molar-refractivity contribution in [3.63, 3.8) is 0 Å². The quantitative estimate of drug-likeness (QED) is 0.848. The second-order valence-corrected chi connectivity index (χ2v) is 3.77. The number of aromatic nitrogens is 1. The van der Waals surface area contributed by atoms with E-state index in [1.54, 1.807) is 0 Å². The summed E-state index contributed by atoms with van der Waals surface area (Å²) >= 11 is 0. The predicted molar refractivity (Wildman–Crippen MR) is 51.0 cm³/mol. The van der Waals surface area contributed by atoms with Crippen LogP contribution in [-0.4, -0.2) is 17.8 Å². The van der Waals surface area contributed by atoms with Gasteiger partial charge in [-0.2, -0.15) is 13.2 Å². The zero-order valence-corrected chi connectivity index (χ0v) is 8.42. The molecule has 16 heavy (non-hydrogen) atoms. The SMILES string of the molecule is NC1CCc2cnc(OCC(F)(F)F)cc21. The molecule has 88 valence electrons. The Morgan fingerprint density at radius 1 is 1.50 bits per heavy atom. The maximum Gasteiger partial charge on any atom is 0.422 e. The van der Waals surface area contributed by atoms with Gasteiger partial charge >= 0.3 is 6.18 Å². The van der Waals surface area contributed by atoms with Gasteiger partial charge in [0.2, 0.25) is 5.88 Å². The molecule has 0 amide bonds. The molecule has 0 aromatic carbocycles. The molecule has 0 fully saturated rings. The monoisotopic (exact) mass is 232 g/mol. The van der Waals surface area contributed by atoms with Crippen LogP contribution in [0.15, 0.2) is 12.3 Å². The first-order valence-corrected chi connectivity index (χ1v) is 4.89. The molecule has 1 aromatic rings. The fraction of sp³-hybridized carbons (Fsp3) is 0.500. The van der Waals surface area contributed by atoms with Crippen molar-refractivity contribution < 1.29 is 17.9 Å². The van der Waals surface area contributed by atoms with Crippen LogP contribution in [0.25, 0.3) is 0 Å². The summed E-state index contributed by atoms with van der Waals surface area (Å²) in [6.45, 7) is -1.33. The van der Waals surface area contributed by atoms with Crippen LogP contribution in [0.4, 0.5) is 13.2 Å². The van der Waals surface area contributed by atoms with E-state index in [9.17, 15) is 13.2 Å². The van der Waals surface area contributed by atoms with Gasteiger partial charge in [0.25, 0.3) is 0 Å². The fourth-order valence-electron chi connectivity index (χ4n) is 1.73. The minimum Gasteiger partial charge on any atom is -0.468 e. The van der Waals surface area contributed by atoms with Crippen molar-refractivity contribution in [1.82, 2.24) is 4.98 Å². The number of aryl methyl sites for hydroxylation is 1. The van der Waals surface area contributed by atoms with Crippen LogP contribution in [0.2, 0.25) is 0 Å². The number of nitrogens with two attached hydrogens (primary N) is 1. The average Bonchev–Trinajstić information content (AvgIpc) is 2.56. The number of nitrogens with zero attached hydrogens (tertiary/aromatic N) is 1. The molecule has 1 aliphatic carbocycles. The number of halogens is 3. The third-order valence-corrected chi connectivity index (χ3v) is 2.51. The van der Waals surface area contributed by atoms with Crippen LogP contribution < -0.4 is 10.5 Å². The van der Waals surface area contributed by atoms with Gasteiger partial charge in [0, 0.05) is 18.3 Å². The lowest BCUT2D eigenvalue weighted by Gasteiger charge is -2.10. The second kappa shape index (κ2) is 3.93. The molecule has 0 saturated heterocycles. The van der Waals surface area contributed by atoms with E-state index in [0.29, 0.717) is 0 Å². The molecule has 6 heteroatoms. The van der Waals surface area contributed by atoms with Crippen molar-refractivity contribution in [2.75, 3.05) is 6.61 Å². The van der Waals surface area contributed by atoms with Gasteiger partial charge in [0.05, 0.1) is 0 Å². The molecular weight excluding hydrogens is 221 g/mol. The van der Waals surface area contributed by atoms with Crippen molar-refractivity contribution in [3.8, 4) is 5.88 Å². The van der Waals surface area contributed by atoms with E-state index >= 15 is 0 Å². The Balaban J connectivity index is 2.10. The number of ether oxygens (including phenoxy) is 1. The second-order valence-electron chi connectivity index (χ2n) is 3.77. The number of fused-ring (bicyclic) bond motifs is 1. The first kappa shape index (κ1) is 11.2. The molecule has 3 nitrogen and oxygen atoms in total. The van der Waals surface area contributed by atoms with E-state index in [-0.39, 0.29) is 11.9 Å². The minimum absolute atomic E-state index is 0.0200. The highest BCUT2D eigenvalue weighted by Gasteiger charge is 2.29. The molecular formula is C10H11F3N2O. The Labute approximate surface area is 90.4 Å². The van der Waals surface area contributed by atoms with Crippen LogP contribution in [0.1, 0.15) is 23.6 Å². The molecule has 0 aliphatic heterocycles. The van der Waals surface area contributed by atoms with E-state index in [0.717, 1.165) is 24.0 Å². The lowest BCUT2D eigenvalue weighted by molar-refractivity contribution is -0.154. The van der Waals surface area contributed by atoms with E-state index in [2.05, 4.69) is 9.72 Å². The molecule has 1 unspecified atom stereocenters. The highest BCUT2D eigenvalue weighted by Crippen LogP contribution is 2.30. The Morgan fingerprint density at radius 2 is 2.25 bits per heavy atom. The third kappa shape index (κ3) is 2.44. The molecule has 1 atom stereocenters. The molecule has 2 rings (SSSR count). The van der Waals surface area contributed by atoms with Crippen molar-refractivity contribution in [2.24, 2.45) is 5.73 Å². The van der Waals surface area contributed by atoms with Gasteiger partial charge in [-0.15, -0.1) is 0 Å². The van der Waals surface area contributed by atoms with Crippen molar-refractivity contribution in [2.45, 2.75) is 25.1 Å². The summed E-state index contributed by atoms with van der Waals surface area (Å²) in [6, 6.07) is 1.38. The summed E-state index contributed by atoms with van der Waals surface area (Å²) in [5.41, 5.74) is 7.62. The van der Waals surface area contributed by atoms with E-state index < -0.39 is 12.8 Å². The van der Waals surface area contributed by atoms with Gasteiger partial charge in [-0.05, 0) is 24.0 Å². The summed E-state index contributed by atoms with van der Waals surface area (Å²) in [5.74, 6) is -0.0200. The molecule has 0 saturated carbocycles. The molecule has 1 aliphatic rings. The van der Waals surface area contributed by atoms with Gasteiger partial charge < -0.3 is 10.5 Å². The number of hydrogen-bond acceptors (Lipinski definition) is 3. The van der Waals surface area contributed by atoms with Crippen molar-refractivity contribution in [3.05, 3.63) is 23.4 Å². The first-order valence-electron chi connectivity index (χ1n) is 4.89. The van der Waals surface area contributed by atoms with Crippen molar-refractivity contribution in [1.29, 1.82) is 0 Å². The lowest BCUT2D eigenvalue weighted by Crippen LogP contribution is -2.19. The minimum atomic E-state index is -4.34. The Morgan fingerprint density at radius 3 is 2.94 bits per heavy atom. The maximum atomic E-state index is 11.9. The molecule has 2 N–H and O–H groups in total. The van der Waals surface area contributed by atoms with Crippen molar-refractivity contribution >= 4 is 0 Å². The number of alkyl halides is 3. The van der Waals surface area contributed by atoms with Crippen LogP contribution >= 0.6 is 0 Å². The van der Waals surface area contributed by atoms with Gasteiger partial charge in [-0.3, -0.25) is 0 Å². The number of rotatable bonds is 2. The zero-order chi connectivity index (χ0) is 11.8.